The zero-order valence-electron chi connectivity index (χ0n) is 10.5. The van der Waals surface area contributed by atoms with Gasteiger partial charge in [-0.1, -0.05) is 36.9 Å². The first-order valence-electron chi connectivity index (χ1n) is 6.46. The Bertz CT molecular complexity index is 459. The van der Waals surface area contributed by atoms with Crippen LogP contribution in [0.3, 0.4) is 0 Å². The Hall–Kier alpha value is -1.16. The summed E-state index contributed by atoms with van der Waals surface area (Å²) in [5.41, 5.74) is -0.0526. The van der Waals surface area contributed by atoms with Crippen molar-refractivity contribution in [2.75, 3.05) is 0 Å². The second-order valence-electron chi connectivity index (χ2n) is 4.85. The third-order valence-corrected chi connectivity index (χ3v) is 3.76. The number of carbonyl (C=O) groups is 1. The highest BCUT2D eigenvalue weighted by molar-refractivity contribution is 6.33. The first-order valence-corrected chi connectivity index (χ1v) is 6.84. The second kappa shape index (κ2) is 6.33. The van der Waals surface area contributed by atoms with Crippen molar-refractivity contribution in [3.63, 3.8) is 0 Å². The quantitative estimate of drug-likeness (QED) is 0.880. The number of nitrogens with one attached hydrogen (secondary N) is 1. The first-order chi connectivity index (χ1) is 9.08. The van der Waals surface area contributed by atoms with Gasteiger partial charge in [-0.25, -0.2) is 8.78 Å². The molecule has 1 aliphatic carbocycles. The summed E-state index contributed by atoms with van der Waals surface area (Å²) in [5, 5.41) is 3.08. The molecule has 0 unspecified atom stereocenters. The Morgan fingerprint density at radius 1 is 1.26 bits per heavy atom. The number of hydrogen-bond donors (Lipinski definition) is 1. The van der Waals surface area contributed by atoms with Crippen molar-refractivity contribution < 1.29 is 13.6 Å². The lowest BCUT2D eigenvalue weighted by Crippen LogP contribution is -2.36. The molecular formula is C14H16ClF2NO. The van der Waals surface area contributed by atoms with Gasteiger partial charge in [0.2, 0.25) is 0 Å². The molecular weight excluding hydrogens is 272 g/mol. The number of rotatable bonds is 3. The molecule has 2 nitrogen and oxygen atoms in total. The molecule has 1 saturated carbocycles. The summed E-state index contributed by atoms with van der Waals surface area (Å²) < 4.78 is 25.3. The van der Waals surface area contributed by atoms with E-state index in [1.165, 1.54) is 24.6 Å². The number of benzene rings is 1. The lowest BCUT2D eigenvalue weighted by atomic mass is 9.95. The van der Waals surface area contributed by atoms with E-state index in [2.05, 4.69) is 5.32 Å². The Labute approximate surface area is 116 Å². The van der Waals surface area contributed by atoms with E-state index in [1.807, 2.05) is 0 Å². The van der Waals surface area contributed by atoms with Gasteiger partial charge in [0.15, 0.2) is 0 Å². The zero-order valence-corrected chi connectivity index (χ0v) is 11.2. The first kappa shape index (κ1) is 14.3. The fraction of sp³-hybridized carbons (Fsp3) is 0.500. The summed E-state index contributed by atoms with van der Waals surface area (Å²) in [6.07, 6.45) is 2.66. The van der Waals surface area contributed by atoms with Crippen LogP contribution in [0.4, 0.5) is 8.78 Å². The molecule has 0 radical (unpaired) electrons. The molecule has 1 aromatic carbocycles. The predicted molar refractivity (Wildman–Crippen MR) is 70.7 cm³/mol. The van der Waals surface area contributed by atoms with Crippen LogP contribution in [0.5, 0.6) is 0 Å². The van der Waals surface area contributed by atoms with E-state index in [0.717, 1.165) is 25.7 Å². The maximum atomic E-state index is 12.6. The molecule has 1 N–H and O–H groups in total. The van der Waals surface area contributed by atoms with Gasteiger partial charge in [0.25, 0.3) is 12.3 Å². The topological polar surface area (TPSA) is 29.1 Å². The minimum Gasteiger partial charge on any atom is -0.349 e. The zero-order chi connectivity index (χ0) is 13.8. The van der Waals surface area contributed by atoms with Crippen molar-refractivity contribution in [1.29, 1.82) is 0 Å². The summed E-state index contributed by atoms with van der Waals surface area (Å²) in [7, 11) is 0. The lowest BCUT2D eigenvalue weighted by Gasteiger charge is -2.23. The summed E-state index contributed by atoms with van der Waals surface area (Å²) in [6.45, 7) is 0. The molecule has 1 aliphatic rings. The maximum Gasteiger partial charge on any atom is 0.263 e. The molecule has 0 aromatic heterocycles. The average Bonchev–Trinajstić information content (AvgIpc) is 2.40. The van der Waals surface area contributed by atoms with Crippen molar-refractivity contribution in [2.24, 2.45) is 0 Å². The summed E-state index contributed by atoms with van der Waals surface area (Å²) >= 11 is 5.91. The number of alkyl halides is 2. The van der Waals surface area contributed by atoms with E-state index in [1.54, 1.807) is 0 Å². The third kappa shape index (κ3) is 3.66. The third-order valence-electron chi connectivity index (χ3n) is 3.43. The summed E-state index contributed by atoms with van der Waals surface area (Å²) in [4.78, 5) is 12.1. The van der Waals surface area contributed by atoms with Crippen LogP contribution in [0.1, 0.15) is 54.5 Å². The van der Waals surface area contributed by atoms with Gasteiger partial charge in [0.05, 0.1) is 10.6 Å². The monoisotopic (exact) mass is 287 g/mol. The smallest absolute Gasteiger partial charge is 0.263 e. The molecule has 19 heavy (non-hydrogen) atoms. The normalized spacial score (nSPS) is 16.6. The molecule has 5 heteroatoms. The molecule has 104 valence electrons. The number of carbonyl (C=O) groups excluding carboxylic acids is 1. The molecule has 0 atom stereocenters. The minimum absolute atomic E-state index is 0.130. The second-order valence-corrected chi connectivity index (χ2v) is 5.26. The van der Waals surface area contributed by atoms with Crippen molar-refractivity contribution in [3.8, 4) is 0 Å². The van der Waals surface area contributed by atoms with Crippen LogP contribution in [-0.2, 0) is 0 Å². The Balaban J connectivity index is 2.11. The average molecular weight is 288 g/mol. The van der Waals surface area contributed by atoms with E-state index >= 15 is 0 Å². The fourth-order valence-electron chi connectivity index (χ4n) is 2.36. The summed E-state index contributed by atoms with van der Waals surface area (Å²) in [5.74, 6) is -0.362. The number of hydrogen-bond acceptors (Lipinski definition) is 1. The Kier molecular flexibility index (Phi) is 4.75. The van der Waals surface area contributed by atoms with Crippen LogP contribution in [0.2, 0.25) is 5.02 Å². The van der Waals surface area contributed by atoms with Crippen LogP contribution < -0.4 is 5.32 Å². The van der Waals surface area contributed by atoms with Crippen LogP contribution in [0, 0.1) is 0 Å². The number of halogens is 3. The molecule has 0 heterocycles. The molecule has 0 spiro atoms. The molecule has 1 fully saturated rings. The van der Waals surface area contributed by atoms with Crippen LogP contribution in [0.25, 0.3) is 0 Å². The summed E-state index contributed by atoms with van der Waals surface area (Å²) in [6, 6.07) is 3.89. The molecule has 0 aliphatic heterocycles. The molecule has 0 saturated heterocycles. The van der Waals surface area contributed by atoms with E-state index in [0.29, 0.717) is 0 Å². The van der Waals surface area contributed by atoms with Gasteiger partial charge in [0, 0.05) is 11.6 Å². The van der Waals surface area contributed by atoms with E-state index < -0.39 is 6.43 Å². The standard InChI is InChI=1S/C14H16ClF2NO/c15-12-7-6-9(13(16)17)8-11(12)14(19)18-10-4-2-1-3-5-10/h6-8,10,13H,1-5H2,(H,18,19). The van der Waals surface area contributed by atoms with Crippen LogP contribution >= 0.6 is 11.6 Å². The highest BCUT2D eigenvalue weighted by Gasteiger charge is 2.19. The Morgan fingerprint density at radius 2 is 1.95 bits per heavy atom. The molecule has 0 bridgehead atoms. The van der Waals surface area contributed by atoms with E-state index in [4.69, 9.17) is 11.6 Å². The molecule has 2 rings (SSSR count). The van der Waals surface area contributed by atoms with Gasteiger partial charge < -0.3 is 5.32 Å². The Morgan fingerprint density at radius 3 is 2.58 bits per heavy atom. The van der Waals surface area contributed by atoms with Crippen molar-refractivity contribution in [1.82, 2.24) is 5.32 Å². The van der Waals surface area contributed by atoms with E-state index in [9.17, 15) is 13.6 Å². The SMILES string of the molecule is O=C(NC1CCCCC1)c1cc(C(F)F)ccc1Cl. The van der Waals surface area contributed by atoms with Crippen molar-refractivity contribution >= 4 is 17.5 Å². The van der Waals surface area contributed by atoms with E-state index in [-0.39, 0.29) is 28.1 Å². The van der Waals surface area contributed by atoms with Gasteiger partial charge in [-0.3, -0.25) is 4.79 Å². The van der Waals surface area contributed by atoms with Crippen LogP contribution in [-0.4, -0.2) is 11.9 Å². The van der Waals surface area contributed by atoms with Gasteiger partial charge in [-0.05, 0) is 25.0 Å². The van der Waals surface area contributed by atoms with Crippen molar-refractivity contribution in [3.05, 3.63) is 34.3 Å². The van der Waals surface area contributed by atoms with Gasteiger partial charge in [-0.15, -0.1) is 0 Å². The van der Waals surface area contributed by atoms with Crippen LogP contribution in [0.15, 0.2) is 18.2 Å². The predicted octanol–water partition coefficient (Wildman–Crippen LogP) is 4.34. The number of amides is 1. The molecule has 1 aromatic rings. The maximum absolute atomic E-state index is 12.6. The van der Waals surface area contributed by atoms with Gasteiger partial charge in [0.1, 0.15) is 0 Å². The molecule has 1 amide bonds. The van der Waals surface area contributed by atoms with Gasteiger partial charge in [-0.2, -0.15) is 0 Å². The lowest BCUT2D eigenvalue weighted by molar-refractivity contribution is 0.0927. The minimum atomic E-state index is -2.60. The fourth-order valence-corrected chi connectivity index (χ4v) is 2.57. The van der Waals surface area contributed by atoms with Crippen molar-refractivity contribution in [2.45, 2.75) is 44.6 Å². The van der Waals surface area contributed by atoms with Gasteiger partial charge >= 0.3 is 0 Å². The highest BCUT2D eigenvalue weighted by Crippen LogP contribution is 2.25. The largest absolute Gasteiger partial charge is 0.349 e. The highest BCUT2D eigenvalue weighted by atomic mass is 35.5.